The van der Waals surface area contributed by atoms with Crippen LogP contribution >= 0.6 is 0 Å². The molecule has 1 heterocycles. The van der Waals surface area contributed by atoms with Gasteiger partial charge in [0.2, 0.25) is 0 Å². The van der Waals surface area contributed by atoms with Gasteiger partial charge in [0.05, 0.1) is 6.04 Å². The molecule has 2 heteroatoms. The molecule has 0 unspecified atom stereocenters. The average Bonchev–Trinajstić information content (AvgIpc) is 2.03. The van der Waals surface area contributed by atoms with Crippen molar-refractivity contribution in [3.63, 3.8) is 0 Å². The van der Waals surface area contributed by atoms with Crippen LogP contribution in [-0.4, -0.2) is 23.3 Å². The number of nitrogens with zero attached hydrogens (tertiary/aromatic N) is 1. The predicted octanol–water partition coefficient (Wildman–Crippen LogP) is 2.21. The van der Waals surface area contributed by atoms with Crippen LogP contribution in [0.15, 0.2) is 12.3 Å². The first kappa shape index (κ1) is 10.3. The van der Waals surface area contributed by atoms with Crippen LogP contribution in [0.1, 0.15) is 33.6 Å². The highest BCUT2D eigenvalue weighted by molar-refractivity contribution is 5.81. The minimum absolute atomic E-state index is 0.0914. The summed E-state index contributed by atoms with van der Waals surface area (Å²) in [6.45, 7) is 10.8. The first-order chi connectivity index (χ1) is 6.02. The molecular formula is C11H19NO. The second kappa shape index (κ2) is 3.95. The van der Waals surface area contributed by atoms with E-state index in [1.54, 1.807) is 6.92 Å². The van der Waals surface area contributed by atoms with Crippen molar-refractivity contribution >= 4 is 5.78 Å². The third-order valence-electron chi connectivity index (χ3n) is 2.78. The molecule has 1 saturated heterocycles. The van der Waals surface area contributed by atoms with Crippen LogP contribution in [0.5, 0.6) is 0 Å². The van der Waals surface area contributed by atoms with Crippen molar-refractivity contribution in [1.29, 1.82) is 0 Å². The molecule has 0 saturated carbocycles. The van der Waals surface area contributed by atoms with Crippen molar-refractivity contribution in [2.75, 3.05) is 6.54 Å². The fraction of sp³-hybridized carbons (Fsp3) is 0.727. The zero-order valence-corrected chi connectivity index (χ0v) is 8.84. The molecule has 1 fully saturated rings. The number of hydrogen-bond acceptors (Lipinski definition) is 2. The van der Waals surface area contributed by atoms with E-state index >= 15 is 0 Å². The number of ketones is 1. The Morgan fingerprint density at radius 1 is 1.38 bits per heavy atom. The van der Waals surface area contributed by atoms with Crippen LogP contribution < -0.4 is 0 Å². The van der Waals surface area contributed by atoms with E-state index in [1.807, 2.05) is 6.92 Å². The molecule has 0 aromatic heterocycles. The molecule has 1 aliphatic heterocycles. The highest BCUT2D eigenvalue weighted by atomic mass is 16.1. The van der Waals surface area contributed by atoms with Crippen LogP contribution in [0.25, 0.3) is 0 Å². The number of Topliss-reactive ketones (excluding diaryl/α,β-unsaturated/α-hetero) is 1. The van der Waals surface area contributed by atoms with Gasteiger partial charge in [-0.25, -0.2) is 0 Å². The summed E-state index contributed by atoms with van der Waals surface area (Å²) in [7, 11) is 0. The SMILES string of the molecule is C=C(C)N1C[C@H](C)CC[C@H]1C(C)=O. The van der Waals surface area contributed by atoms with E-state index in [2.05, 4.69) is 18.4 Å². The van der Waals surface area contributed by atoms with E-state index in [4.69, 9.17) is 0 Å². The smallest absolute Gasteiger partial charge is 0.152 e. The third-order valence-corrected chi connectivity index (χ3v) is 2.78. The standard InChI is InChI=1S/C11H19NO/c1-8(2)12-7-9(3)5-6-11(12)10(4)13/h9,11H,1,5-7H2,2-4H3/t9-,11+/m1/s1. The van der Waals surface area contributed by atoms with Gasteiger partial charge >= 0.3 is 0 Å². The first-order valence-electron chi connectivity index (χ1n) is 4.95. The molecule has 0 radical (unpaired) electrons. The third kappa shape index (κ3) is 2.33. The molecule has 74 valence electrons. The van der Waals surface area contributed by atoms with Gasteiger partial charge in [0.25, 0.3) is 0 Å². The lowest BCUT2D eigenvalue weighted by Crippen LogP contribution is -2.44. The lowest BCUT2D eigenvalue weighted by atomic mass is 9.92. The highest BCUT2D eigenvalue weighted by Crippen LogP contribution is 2.24. The van der Waals surface area contributed by atoms with E-state index in [9.17, 15) is 4.79 Å². The molecular weight excluding hydrogens is 162 g/mol. The fourth-order valence-electron chi connectivity index (χ4n) is 2.00. The molecule has 2 nitrogen and oxygen atoms in total. The summed E-state index contributed by atoms with van der Waals surface area (Å²) in [4.78, 5) is 13.5. The van der Waals surface area contributed by atoms with Crippen LogP contribution in [0, 0.1) is 5.92 Å². The molecule has 0 bridgehead atoms. The Morgan fingerprint density at radius 2 is 2.00 bits per heavy atom. The monoisotopic (exact) mass is 181 g/mol. The van der Waals surface area contributed by atoms with Crippen LogP contribution in [0.2, 0.25) is 0 Å². The lowest BCUT2D eigenvalue weighted by Gasteiger charge is -2.39. The Labute approximate surface area is 80.6 Å². The van der Waals surface area contributed by atoms with Gasteiger partial charge in [-0.1, -0.05) is 13.5 Å². The number of piperidine rings is 1. The molecule has 2 atom stereocenters. The summed E-state index contributed by atoms with van der Waals surface area (Å²) in [5, 5.41) is 0. The van der Waals surface area contributed by atoms with Gasteiger partial charge in [-0.3, -0.25) is 4.79 Å². The number of rotatable bonds is 2. The largest absolute Gasteiger partial charge is 0.365 e. The second-order valence-electron chi connectivity index (χ2n) is 4.20. The lowest BCUT2D eigenvalue weighted by molar-refractivity contribution is -0.122. The molecule has 1 rings (SSSR count). The quantitative estimate of drug-likeness (QED) is 0.651. The van der Waals surface area contributed by atoms with Gasteiger partial charge in [-0.2, -0.15) is 0 Å². The molecule has 0 aliphatic carbocycles. The maximum Gasteiger partial charge on any atom is 0.152 e. The Balaban J connectivity index is 2.72. The van der Waals surface area contributed by atoms with Crippen molar-refractivity contribution in [2.24, 2.45) is 5.92 Å². The Hall–Kier alpha value is -0.790. The van der Waals surface area contributed by atoms with Crippen molar-refractivity contribution in [1.82, 2.24) is 4.90 Å². The molecule has 0 N–H and O–H groups in total. The molecule has 0 aromatic carbocycles. The van der Waals surface area contributed by atoms with Gasteiger partial charge in [-0.05, 0) is 32.6 Å². The number of carbonyl (C=O) groups excluding carboxylic acids is 1. The van der Waals surface area contributed by atoms with Crippen LogP contribution in [-0.2, 0) is 4.79 Å². The Bertz CT molecular complexity index is 222. The van der Waals surface area contributed by atoms with Crippen molar-refractivity contribution in [2.45, 2.75) is 39.7 Å². The van der Waals surface area contributed by atoms with Crippen LogP contribution in [0.3, 0.4) is 0 Å². The van der Waals surface area contributed by atoms with Crippen molar-refractivity contribution in [3.8, 4) is 0 Å². The summed E-state index contributed by atoms with van der Waals surface area (Å²) in [5.41, 5.74) is 1.02. The van der Waals surface area contributed by atoms with E-state index in [0.717, 1.165) is 25.1 Å². The Kier molecular flexibility index (Phi) is 3.12. The van der Waals surface area contributed by atoms with Gasteiger partial charge in [0.15, 0.2) is 5.78 Å². The topological polar surface area (TPSA) is 20.3 Å². The summed E-state index contributed by atoms with van der Waals surface area (Å²) in [6.07, 6.45) is 2.15. The van der Waals surface area contributed by atoms with E-state index < -0.39 is 0 Å². The number of likely N-dealkylation sites (tertiary alicyclic amines) is 1. The normalized spacial score (nSPS) is 28.7. The zero-order valence-electron chi connectivity index (χ0n) is 8.84. The van der Waals surface area contributed by atoms with Gasteiger partial charge < -0.3 is 4.90 Å². The zero-order chi connectivity index (χ0) is 10.0. The average molecular weight is 181 g/mol. The summed E-state index contributed by atoms with van der Waals surface area (Å²) in [5.74, 6) is 0.960. The van der Waals surface area contributed by atoms with Crippen LogP contribution in [0.4, 0.5) is 0 Å². The molecule has 0 aromatic rings. The van der Waals surface area contributed by atoms with E-state index in [0.29, 0.717) is 5.92 Å². The molecule has 1 aliphatic rings. The number of carbonyl (C=O) groups is 1. The summed E-state index contributed by atoms with van der Waals surface area (Å²) < 4.78 is 0. The van der Waals surface area contributed by atoms with Crippen molar-refractivity contribution in [3.05, 3.63) is 12.3 Å². The summed E-state index contributed by atoms with van der Waals surface area (Å²) >= 11 is 0. The maximum atomic E-state index is 11.3. The number of allylic oxidation sites excluding steroid dienone is 1. The van der Waals surface area contributed by atoms with E-state index in [-0.39, 0.29) is 11.8 Å². The van der Waals surface area contributed by atoms with Gasteiger partial charge in [0.1, 0.15) is 0 Å². The maximum absolute atomic E-state index is 11.3. The van der Waals surface area contributed by atoms with Crippen molar-refractivity contribution < 1.29 is 4.79 Å². The fourth-order valence-corrected chi connectivity index (χ4v) is 2.00. The minimum atomic E-state index is 0.0914. The molecule has 0 spiro atoms. The minimum Gasteiger partial charge on any atom is -0.365 e. The highest BCUT2D eigenvalue weighted by Gasteiger charge is 2.28. The van der Waals surface area contributed by atoms with Gasteiger partial charge in [-0.15, -0.1) is 0 Å². The first-order valence-corrected chi connectivity index (χ1v) is 4.95. The molecule has 13 heavy (non-hydrogen) atoms. The van der Waals surface area contributed by atoms with Gasteiger partial charge in [0, 0.05) is 12.2 Å². The predicted molar refractivity (Wildman–Crippen MR) is 54.4 cm³/mol. The van der Waals surface area contributed by atoms with E-state index in [1.165, 1.54) is 0 Å². The molecule has 0 amide bonds. The second-order valence-corrected chi connectivity index (χ2v) is 4.20. The summed E-state index contributed by atoms with van der Waals surface area (Å²) in [6, 6.07) is 0.0914. The number of hydrogen-bond donors (Lipinski definition) is 0. The Morgan fingerprint density at radius 3 is 2.46 bits per heavy atom.